The van der Waals surface area contributed by atoms with Crippen LogP contribution in [-0.4, -0.2) is 72.4 Å². The number of carbonyl (C=O) groups excluding carboxylic acids is 1. The fraction of sp³-hybridized carbons (Fsp3) is 0.800. The molecule has 0 aromatic carbocycles. The third kappa shape index (κ3) is 6.35. The fourth-order valence-electron chi connectivity index (χ4n) is 1.21. The summed E-state index contributed by atoms with van der Waals surface area (Å²) in [5, 5.41) is 25.9. The minimum Gasteiger partial charge on any atom is -0.395 e. The monoisotopic (exact) mass is 229 g/mol. The topological polar surface area (TPSA) is 87.8 Å². The lowest BCUT2D eigenvalue weighted by Crippen LogP contribution is -2.41. The molecule has 0 rings (SSSR count). The molecule has 0 unspecified atom stereocenters. The van der Waals surface area contributed by atoms with E-state index in [1.807, 2.05) is 6.07 Å². The molecule has 6 heteroatoms. The Kier molecular flexibility index (Phi) is 8.43. The Morgan fingerprint density at radius 1 is 1.25 bits per heavy atom. The number of aliphatic hydroxyl groups is 2. The van der Waals surface area contributed by atoms with Crippen LogP contribution in [0.5, 0.6) is 0 Å². The summed E-state index contributed by atoms with van der Waals surface area (Å²) in [5.41, 5.74) is 0. The summed E-state index contributed by atoms with van der Waals surface area (Å²) in [6.07, 6.45) is 0.308. The second-order valence-corrected chi connectivity index (χ2v) is 3.45. The van der Waals surface area contributed by atoms with Crippen LogP contribution in [0.3, 0.4) is 0 Å². The number of hydrogen-bond acceptors (Lipinski definition) is 5. The van der Waals surface area contributed by atoms with Crippen molar-refractivity contribution in [1.29, 1.82) is 5.26 Å². The van der Waals surface area contributed by atoms with Gasteiger partial charge in [0, 0.05) is 26.7 Å². The smallest absolute Gasteiger partial charge is 0.236 e. The molecule has 0 aliphatic rings. The number of nitriles is 1. The first-order chi connectivity index (χ1) is 7.65. The van der Waals surface area contributed by atoms with Crippen LogP contribution in [0.1, 0.15) is 6.42 Å². The molecular weight excluding hydrogens is 210 g/mol. The number of rotatable bonds is 8. The zero-order chi connectivity index (χ0) is 12.4. The first-order valence-corrected chi connectivity index (χ1v) is 5.20. The predicted molar refractivity (Wildman–Crippen MR) is 58.5 cm³/mol. The molecule has 6 nitrogen and oxygen atoms in total. The highest BCUT2D eigenvalue weighted by atomic mass is 16.3. The summed E-state index contributed by atoms with van der Waals surface area (Å²) in [4.78, 5) is 14.8. The van der Waals surface area contributed by atoms with Gasteiger partial charge >= 0.3 is 0 Å². The van der Waals surface area contributed by atoms with Gasteiger partial charge in [0.25, 0.3) is 0 Å². The second-order valence-electron chi connectivity index (χ2n) is 3.45. The summed E-state index contributed by atoms with van der Waals surface area (Å²) in [5.74, 6) is -0.114. The summed E-state index contributed by atoms with van der Waals surface area (Å²) in [6, 6.07) is 1.97. The quantitative estimate of drug-likeness (QED) is 0.537. The summed E-state index contributed by atoms with van der Waals surface area (Å²) in [7, 11) is 1.63. The van der Waals surface area contributed by atoms with Gasteiger partial charge in [-0.1, -0.05) is 0 Å². The van der Waals surface area contributed by atoms with Crippen molar-refractivity contribution in [3.05, 3.63) is 0 Å². The molecule has 1 amide bonds. The van der Waals surface area contributed by atoms with Crippen LogP contribution in [0.15, 0.2) is 0 Å². The Bertz CT molecular complexity index is 234. The van der Waals surface area contributed by atoms with Gasteiger partial charge in [-0.15, -0.1) is 0 Å². The van der Waals surface area contributed by atoms with Gasteiger partial charge in [0.2, 0.25) is 5.91 Å². The molecule has 0 aliphatic carbocycles. The molecule has 0 atom stereocenters. The third-order valence-electron chi connectivity index (χ3n) is 2.18. The largest absolute Gasteiger partial charge is 0.395 e. The molecule has 0 fully saturated rings. The Hall–Kier alpha value is -1.16. The summed E-state index contributed by atoms with van der Waals surface area (Å²) in [6.45, 7) is 1.19. The van der Waals surface area contributed by atoms with Crippen LogP contribution in [0.2, 0.25) is 0 Å². The van der Waals surface area contributed by atoms with E-state index in [0.717, 1.165) is 0 Å². The predicted octanol–water partition coefficient (Wildman–Crippen LogP) is -1.35. The first kappa shape index (κ1) is 14.8. The van der Waals surface area contributed by atoms with Gasteiger partial charge in [0.1, 0.15) is 0 Å². The summed E-state index contributed by atoms with van der Waals surface area (Å²) < 4.78 is 0. The van der Waals surface area contributed by atoms with Crippen LogP contribution in [0, 0.1) is 11.3 Å². The van der Waals surface area contributed by atoms with Gasteiger partial charge in [-0.05, 0) is 0 Å². The number of hydrogen-bond donors (Lipinski definition) is 2. The molecule has 92 valence electrons. The first-order valence-electron chi connectivity index (χ1n) is 5.20. The fourth-order valence-corrected chi connectivity index (χ4v) is 1.21. The van der Waals surface area contributed by atoms with Gasteiger partial charge in [-0.3, -0.25) is 9.69 Å². The van der Waals surface area contributed by atoms with Gasteiger partial charge in [0.05, 0.1) is 32.2 Å². The van der Waals surface area contributed by atoms with E-state index < -0.39 is 0 Å². The van der Waals surface area contributed by atoms with Crippen LogP contribution >= 0.6 is 0 Å². The molecule has 16 heavy (non-hydrogen) atoms. The van der Waals surface area contributed by atoms with E-state index in [2.05, 4.69) is 0 Å². The molecule has 0 saturated carbocycles. The minimum atomic E-state index is -0.114. The molecule has 0 spiro atoms. The van der Waals surface area contributed by atoms with Crippen molar-refractivity contribution < 1.29 is 15.0 Å². The number of likely N-dealkylation sites (N-methyl/N-ethyl adjacent to an activating group) is 1. The molecule has 0 aliphatic heterocycles. The molecular formula is C10H19N3O3. The number of aliphatic hydroxyl groups excluding tert-OH is 2. The van der Waals surface area contributed by atoms with E-state index in [9.17, 15) is 4.79 Å². The SMILES string of the molecule is CN(CCC#N)C(=O)CN(CCO)CCO. The summed E-state index contributed by atoms with van der Waals surface area (Å²) >= 11 is 0. The highest BCUT2D eigenvalue weighted by Crippen LogP contribution is 1.93. The average molecular weight is 229 g/mol. The maximum Gasteiger partial charge on any atom is 0.236 e. The number of nitrogens with zero attached hydrogens (tertiary/aromatic N) is 3. The molecule has 0 heterocycles. The molecule has 0 aromatic heterocycles. The number of carbonyl (C=O) groups is 1. The lowest BCUT2D eigenvalue weighted by atomic mass is 10.3. The molecule has 0 bridgehead atoms. The van der Waals surface area contributed by atoms with Crippen LogP contribution in [0.4, 0.5) is 0 Å². The van der Waals surface area contributed by atoms with Crippen molar-refractivity contribution in [3.63, 3.8) is 0 Å². The van der Waals surface area contributed by atoms with Crippen LogP contribution < -0.4 is 0 Å². The Morgan fingerprint density at radius 2 is 1.81 bits per heavy atom. The van der Waals surface area contributed by atoms with Gasteiger partial charge in [-0.25, -0.2) is 0 Å². The van der Waals surface area contributed by atoms with E-state index in [1.165, 1.54) is 4.90 Å². The van der Waals surface area contributed by atoms with Crippen LogP contribution in [-0.2, 0) is 4.79 Å². The van der Waals surface area contributed by atoms with Crippen molar-refractivity contribution in [1.82, 2.24) is 9.80 Å². The average Bonchev–Trinajstić information content (AvgIpc) is 2.26. The van der Waals surface area contributed by atoms with Crippen molar-refractivity contribution in [2.24, 2.45) is 0 Å². The molecule has 0 radical (unpaired) electrons. The Morgan fingerprint density at radius 3 is 2.25 bits per heavy atom. The normalized spacial score (nSPS) is 10.2. The Labute approximate surface area is 95.7 Å². The van der Waals surface area contributed by atoms with Gasteiger partial charge in [0.15, 0.2) is 0 Å². The van der Waals surface area contributed by atoms with Crippen molar-refractivity contribution >= 4 is 5.91 Å². The maximum atomic E-state index is 11.6. The van der Waals surface area contributed by atoms with Crippen molar-refractivity contribution in [3.8, 4) is 6.07 Å². The number of amides is 1. The zero-order valence-corrected chi connectivity index (χ0v) is 9.59. The van der Waals surface area contributed by atoms with E-state index in [1.54, 1.807) is 11.9 Å². The van der Waals surface area contributed by atoms with E-state index >= 15 is 0 Å². The van der Waals surface area contributed by atoms with Gasteiger partial charge < -0.3 is 15.1 Å². The van der Waals surface area contributed by atoms with Crippen molar-refractivity contribution in [2.45, 2.75) is 6.42 Å². The lowest BCUT2D eigenvalue weighted by Gasteiger charge is -2.23. The third-order valence-corrected chi connectivity index (χ3v) is 2.18. The molecule has 0 saturated heterocycles. The second kappa shape index (κ2) is 9.09. The highest BCUT2D eigenvalue weighted by Gasteiger charge is 2.13. The lowest BCUT2D eigenvalue weighted by molar-refractivity contribution is -0.131. The Balaban J connectivity index is 4.02. The van der Waals surface area contributed by atoms with Crippen LogP contribution in [0.25, 0.3) is 0 Å². The maximum absolute atomic E-state index is 11.6. The standard InChI is InChI=1S/C10H19N3O3/c1-12(4-2-3-11)10(16)9-13(5-7-14)6-8-15/h14-15H,2,4-9H2,1H3. The minimum absolute atomic E-state index is 0.0464. The highest BCUT2D eigenvalue weighted by molar-refractivity contribution is 5.77. The zero-order valence-electron chi connectivity index (χ0n) is 9.59. The van der Waals surface area contributed by atoms with E-state index in [-0.39, 0.29) is 25.7 Å². The molecule has 2 N–H and O–H groups in total. The van der Waals surface area contributed by atoms with E-state index in [0.29, 0.717) is 26.1 Å². The van der Waals surface area contributed by atoms with E-state index in [4.69, 9.17) is 15.5 Å². The molecule has 0 aromatic rings. The van der Waals surface area contributed by atoms with Gasteiger partial charge in [-0.2, -0.15) is 5.26 Å². The van der Waals surface area contributed by atoms with Crippen molar-refractivity contribution in [2.75, 3.05) is 46.4 Å².